The summed E-state index contributed by atoms with van der Waals surface area (Å²) in [6.07, 6.45) is 3.55. The summed E-state index contributed by atoms with van der Waals surface area (Å²) >= 11 is 1.19. The average Bonchev–Trinajstić information content (AvgIpc) is 2.73. The van der Waals surface area contributed by atoms with E-state index in [1.165, 1.54) is 18.7 Å². The van der Waals surface area contributed by atoms with E-state index in [0.717, 1.165) is 10.9 Å². The Morgan fingerprint density at radius 2 is 2.11 bits per heavy atom. The minimum Gasteiger partial charge on any atom is -0.477 e. The average molecular weight is 275 g/mol. The molecular weight excluding hydrogens is 262 g/mol. The monoisotopic (exact) mass is 275 g/mol. The van der Waals surface area contributed by atoms with Crippen molar-refractivity contribution in [2.24, 2.45) is 0 Å². The number of H-pyrrole nitrogens is 1. The second-order valence-corrected chi connectivity index (χ2v) is 5.17. The smallest absolute Gasteiger partial charge is 0.352 e. The number of nitrogens with one attached hydrogen (secondary N) is 1. The van der Waals surface area contributed by atoms with Crippen molar-refractivity contribution in [1.29, 1.82) is 0 Å². The van der Waals surface area contributed by atoms with Gasteiger partial charge in [0.15, 0.2) is 5.12 Å². The van der Waals surface area contributed by atoms with E-state index in [-0.39, 0.29) is 10.8 Å². The predicted octanol–water partition coefficient (Wildman–Crippen LogP) is 3.16. The van der Waals surface area contributed by atoms with E-state index in [1.54, 1.807) is 12.2 Å². The number of aromatic nitrogens is 1. The number of carbonyl (C=O) groups excluding carboxylic acids is 1. The van der Waals surface area contributed by atoms with E-state index in [1.807, 2.05) is 24.3 Å². The molecule has 0 amide bonds. The number of aromatic carboxylic acids is 1. The van der Waals surface area contributed by atoms with Crippen LogP contribution in [-0.2, 0) is 4.79 Å². The largest absolute Gasteiger partial charge is 0.477 e. The van der Waals surface area contributed by atoms with E-state index >= 15 is 0 Å². The number of aromatic amines is 1. The summed E-state index contributed by atoms with van der Waals surface area (Å²) in [5, 5.41) is 10.1. The molecule has 2 N–H and O–H groups in total. The summed E-state index contributed by atoms with van der Waals surface area (Å²) in [5.74, 6) is -0.455. The van der Waals surface area contributed by atoms with Crippen molar-refractivity contribution in [2.45, 2.75) is 6.92 Å². The van der Waals surface area contributed by atoms with Crippen LogP contribution in [0.2, 0.25) is 0 Å². The Balaban J connectivity index is 2.36. The van der Waals surface area contributed by atoms with Crippen LogP contribution >= 0.6 is 11.8 Å². The molecule has 0 spiro atoms. The molecule has 98 valence electrons. The van der Waals surface area contributed by atoms with Crippen LogP contribution in [0.1, 0.15) is 23.0 Å². The van der Waals surface area contributed by atoms with Crippen LogP contribution in [0.15, 0.2) is 30.3 Å². The van der Waals surface area contributed by atoms with Crippen molar-refractivity contribution in [2.75, 3.05) is 5.75 Å². The molecule has 0 radical (unpaired) electrons. The van der Waals surface area contributed by atoms with Gasteiger partial charge in [0.05, 0.1) is 0 Å². The van der Waals surface area contributed by atoms with Crippen LogP contribution in [0.25, 0.3) is 17.0 Å². The molecule has 0 aliphatic carbocycles. The predicted molar refractivity (Wildman–Crippen MR) is 77.4 cm³/mol. The number of fused-ring (bicyclic) bond motifs is 1. The lowest BCUT2D eigenvalue weighted by Gasteiger charge is -1.94. The summed E-state index contributed by atoms with van der Waals surface area (Å²) in [6.45, 7) is 1.51. The summed E-state index contributed by atoms with van der Waals surface area (Å²) < 4.78 is 0. The fraction of sp³-hybridized carbons (Fsp3) is 0.143. The third-order valence-corrected chi connectivity index (χ3v) is 3.39. The number of carbonyl (C=O) groups is 2. The maximum absolute atomic E-state index is 11.2. The number of benzene rings is 1. The molecule has 5 heteroatoms. The zero-order valence-electron chi connectivity index (χ0n) is 10.3. The zero-order valence-corrected chi connectivity index (χ0v) is 11.2. The number of para-hydroxylation sites is 1. The highest BCUT2D eigenvalue weighted by atomic mass is 32.2. The van der Waals surface area contributed by atoms with E-state index in [9.17, 15) is 14.7 Å². The van der Waals surface area contributed by atoms with Gasteiger partial charge in [-0.15, -0.1) is 0 Å². The Morgan fingerprint density at radius 3 is 2.79 bits per heavy atom. The SMILES string of the molecule is CC(=O)SCC=Cc1c(C(=O)O)[nH]c2ccccc12. The van der Waals surface area contributed by atoms with Crippen LogP contribution < -0.4 is 0 Å². The van der Waals surface area contributed by atoms with Gasteiger partial charge in [0.2, 0.25) is 0 Å². The van der Waals surface area contributed by atoms with E-state index in [2.05, 4.69) is 4.98 Å². The summed E-state index contributed by atoms with van der Waals surface area (Å²) in [4.78, 5) is 24.9. The van der Waals surface area contributed by atoms with Crippen LogP contribution in [0.3, 0.4) is 0 Å². The number of hydrogen-bond donors (Lipinski definition) is 2. The van der Waals surface area contributed by atoms with Gasteiger partial charge in [0.1, 0.15) is 5.69 Å². The Morgan fingerprint density at radius 1 is 1.37 bits per heavy atom. The van der Waals surface area contributed by atoms with Crippen molar-refractivity contribution < 1.29 is 14.7 Å². The summed E-state index contributed by atoms with van der Waals surface area (Å²) in [7, 11) is 0. The van der Waals surface area contributed by atoms with Gasteiger partial charge in [-0.2, -0.15) is 0 Å². The molecule has 2 aromatic rings. The molecule has 1 aromatic carbocycles. The van der Waals surface area contributed by atoms with Gasteiger partial charge in [-0.1, -0.05) is 42.1 Å². The van der Waals surface area contributed by atoms with Crippen LogP contribution in [-0.4, -0.2) is 26.9 Å². The van der Waals surface area contributed by atoms with Crippen molar-refractivity contribution in [3.63, 3.8) is 0 Å². The molecule has 4 nitrogen and oxygen atoms in total. The van der Waals surface area contributed by atoms with Gasteiger partial charge in [0, 0.05) is 29.1 Å². The maximum atomic E-state index is 11.2. The maximum Gasteiger partial charge on any atom is 0.352 e. The van der Waals surface area contributed by atoms with E-state index in [0.29, 0.717) is 11.3 Å². The second-order valence-electron chi connectivity index (χ2n) is 3.97. The normalized spacial score (nSPS) is 11.2. The Kier molecular flexibility index (Phi) is 4.06. The van der Waals surface area contributed by atoms with Crippen LogP contribution in [0, 0.1) is 0 Å². The highest BCUT2D eigenvalue weighted by Gasteiger charge is 2.14. The fourth-order valence-electron chi connectivity index (χ4n) is 1.84. The molecule has 1 aromatic heterocycles. The molecule has 0 aliphatic heterocycles. The lowest BCUT2D eigenvalue weighted by atomic mass is 10.1. The standard InChI is InChI=1S/C14H13NO3S/c1-9(16)19-8-4-6-11-10-5-2-3-7-12(10)15-13(11)14(17)18/h2-7,15H,8H2,1H3,(H,17,18). The number of carboxylic acids is 1. The third kappa shape index (κ3) is 3.06. The first-order chi connectivity index (χ1) is 9.09. The fourth-order valence-corrected chi connectivity index (χ4v) is 2.26. The quantitative estimate of drug-likeness (QED) is 0.899. The van der Waals surface area contributed by atoms with Gasteiger partial charge in [-0.25, -0.2) is 4.79 Å². The topological polar surface area (TPSA) is 70.2 Å². The summed E-state index contributed by atoms with van der Waals surface area (Å²) in [6, 6.07) is 7.42. The first-order valence-electron chi connectivity index (χ1n) is 5.73. The van der Waals surface area contributed by atoms with Crippen molar-refractivity contribution in [3.8, 4) is 0 Å². The van der Waals surface area contributed by atoms with E-state index < -0.39 is 5.97 Å². The lowest BCUT2D eigenvalue weighted by molar-refractivity contribution is -0.109. The zero-order chi connectivity index (χ0) is 13.8. The van der Waals surface area contributed by atoms with Gasteiger partial charge >= 0.3 is 5.97 Å². The van der Waals surface area contributed by atoms with Gasteiger partial charge < -0.3 is 10.1 Å². The lowest BCUT2D eigenvalue weighted by Crippen LogP contribution is -1.98. The van der Waals surface area contributed by atoms with Gasteiger partial charge in [-0.05, 0) is 6.07 Å². The first kappa shape index (κ1) is 13.4. The molecule has 0 unspecified atom stereocenters. The third-order valence-electron chi connectivity index (χ3n) is 2.63. The summed E-state index contributed by atoms with van der Waals surface area (Å²) in [5.41, 5.74) is 1.61. The van der Waals surface area contributed by atoms with Crippen LogP contribution in [0.5, 0.6) is 0 Å². The van der Waals surface area contributed by atoms with Gasteiger partial charge in [0.25, 0.3) is 0 Å². The van der Waals surface area contributed by atoms with Gasteiger partial charge in [-0.3, -0.25) is 4.79 Å². The van der Waals surface area contributed by atoms with Crippen molar-refractivity contribution >= 4 is 39.8 Å². The number of carboxylic acid groups (broad SMARTS) is 1. The molecule has 0 saturated heterocycles. The van der Waals surface area contributed by atoms with Crippen molar-refractivity contribution in [3.05, 3.63) is 41.6 Å². The molecular formula is C14H13NO3S. The Labute approximate surface area is 114 Å². The number of rotatable bonds is 4. The molecule has 0 saturated carbocycles. The minimum absolute atomic E-state index is 0.0436. The molecule has 2 rings (SSSR count). The highest BCUT2D eigenvalue weighted by Crippen LogP contribution is 2.24. The van der Waals surface area contributed by atoms with Crippen molar-refractivity contribution in [1.82, 2.24) is 4.98 Å². The Hall–Kier alpha value is -2.01. The second kappa shape index (κ2) is 5.75. The minimum atomic E-state index is -0.991. The molecule has 1 heterocycles. The number of thioether (sulfide) groups is 1. The highest BCUT2D eigenvalue weighted by molar-refractivity contribution is 8.13. The molecule has 0 bridgehead atoms. The molecule has 0 atom stereocenters. The van der Waals surface area contributed by atoms with Crippen LogP contribution in [0.4, 0.5) is 0 Å². The molecule has 0 aliphatic rings. The number of hydrogen-bond acceptors (Lipinski definition) is 3. The Bertz CT molecular complexity index is 658. The molecule has 0 fully saturated rings. The van der Waals surface area contributed by atoms with E-state index in [4.69, 9.17) is 0 Å². The molecule has 19 heavy (non-hydrogen) atoms. The first-order valence-corrected chi connectivity index (χ1v) is 6.72.